The van der Waals surface area contributed by atoms with E-state index in [1.54, 1.807) is 16.9 Å². The average Bonchev–Trinajstić information content (AvgIpc) is 2.95. The minimum absolute atomic E-state index is 0.127. The Bertz CT molecular complexity index is 634. The van der Waals surface area contributed by atoms with Gasteiger partial charge in [0.25, 0.3) is 5.91 Å². The van der Waals surface area contributed by atoms with Gasteiger partial charge in [0.05, 0.1) is 11.4 Å². The van der Waals surface area contributed by atoms with E-state index in [1.165, 1.54) is 6.42 Å². The molecule has 0 spiro atoms. The predicted molar refractivity (Wildman–Crippen MR) is 77.6 cm³/mol. The molecule has 1 saturated carbocycles. The Hall–Kier alpha value is -2.30. The van der Waals surface area contributed by atoms with Crippen LogP contribution in [0.15, 0.2) is 36.5 Å². The van der Waals surface area contributed by atoms with Crippen molar-refractivity contribution in [3.8, 4) is 5.69 Å². The molecule has 0 radical (unpaired) electrons. The highest BCUT2D eigenvalue weighted by molar-refractivity contribution is 5.92. The summed E-state index contributed by atoms with van der Waals surface area (Å²) in [7, 11) is 0. The number of nitrogens with zero attached hydrogens (tertiary/aromatic N) is 2. The fraction of sp³-hybridized carbons (Fsp3) is 0.333. The molecule has 5 nitrogen and oxygen atoms in total. The van der Waals surface area contributed by atoms with Crippen LogP contribution >= 0.6 is 0 Å². The van der Waals surface area contributed by atoms with Gasteiger partial charge in [-0.1, -0.05) is 19.1 Å². The molecular weight excluding hydrogens is 252 g/mol. The zero-order valence-electron chi connectivity index (χ0n) is 11.4. The van der Waals surface area contributed by atoms with E-state index >= 15 is 0 Å². The van der Waals surface area contributed by atoms with E-state index in [4.69, 9.17) is 5.73 Å². The first-order valence-corrected chi connectivity index (χ1v) is 6.84. The number of nitrogens with two attached hydrogens (primary N) is 1. The number of para-hydroxylation sites is 2. The van der Waals surface area contributed by atoms with Crippen LogP contribution in [0.25, 0.3) is 5.69 Å². The van der Waals surface area contributed by atoms with Crippen molar-refractivity contribution in [2.45, 2.75) is 13.3 Å². The van der Waals surface area contributed by atoms with E-state index in [-0.39, 0.29) is 5.91 Å². The van der Waals surface area contributed by atoms with Crippen LogP contribution in [0.1, 0.15) is 23.8 Å². The maximum absolute atomic E-state index is 12.0. The average molecular weight is 270 g/mol. The van der Waals surface area contributed by atoms with Crippen molar-refractivity contribution in [2.24, 2.45) is 11.8 Å². The Balaban J connectivity index is 1.70. The highest BCUT2D eigenvalue weighted by Crippen LogP contribution is 2.36. The van der Waals surface area contributed by atoms with E-state index in [9.17, 15) is 4.79 Å². The molecule has 1 fully saturated rings. The van der Waals surface area contributed by atoms with Crippen molar-refractivity contribution in [3.63, 3.8) is 0 Å². The molecule has 2 unspecified atom stereocenters. The molecule has 0 bridgehead atoms. The lowest BCUT2D eigenvalue weighted by Gasteiger charge is -2.05. The summed E-state index contributed by atoms with van der Waals surface area (Å²) in [4.78, 5) is 12.0. The summed E-state index contributed by atoms with van der Waals surface area (Å²) in [6, 6.07) is 9.15. The summed E-state index contributed by atoms with van der Waals surface area (Å²) in [5, 5.41) is 7.21. The molecular formula is C15H18N4O. The van der Waals surface area contributed by atoms with Gasteiger partial charge in [-0.15, -0.1) is 0 Å². The Kier molecular flexibility index (Phi) is 3.18. The number of aromatic nitrogens is 2. The summed E-state index contributed by atoms with van der Waals surface area (Å²) < 4.78 is 1.63. The normalized spacial score (nSPS) is 20.6. The smallest absolute Gasteiger partial charge is 0.271 e. The van der Waals surface area contributed by atoms with E-state index in [0.717, 1.165) is 18.2 Å². The number of nitrogen functional groups attached to an aromatic ring is 1. The second-order valence-electron chi connectivity index (χ2n) is 5.39. The number of benzene rings is 1. The standard InChI is InChI=1S/C15H18N4O/c1-10-8-11(10)9-17-15(20)13-6-7-19(18-13)14-5-3-2-4-12(14)16/h2-7,10-11H,8-9,16H2,1H3,(H,17,20). The van der Waals surface area contributed by atoms with Crippen LogP contribution in [-0.4, -0.2) is 22.2 Å². The Labute approximate surface area is 117 Å². The van der Waals surface area contributed by atoms with Gasteiger partial charge in [0.1, 0.15) is 0 Å². The summed E-state index contributed by atoms with van der Waals surface area (Å²) in [6.07, 6.45) is 2.95. The third-order valence-corrected chi connectivity index (χ3v) is 3.81. The van der Waals surface area contributed by atoms with Crippen LogP contribution in [0, 0.1) is 11.8 Å². The zero-order valence-corrected chi connectivity index (χ0v) is 11.4. The van der Waals surface area contributed by atoms with Gasteiger partial charge in [-0.05, 0) is 36.5 Å². The first-order valence-electron chi connectivity index (χ1n) is 6.84. The van der Waals surface area contributed by atoms with Crippen LogP contribution in [-0.2, 0) is 0 Å². The van der Waals surface area contributed by atoms with Gasteiger partial charge in [0.15, 0.2) is 5.69 Å². The van der Waals surface area contributed by atoms with Crippen LogP contribution in [0.4, 0.5) is 5.69 Å². The first kappa shape index (κ1) is 12.7. The summed E-state index contributed by atoms with van der Waals surface area (Å²) in [5.74, 6) is 1.24. The van der Waals surface area contributed by atoms with Crippen molar-refractivity contribution in [2.75, 3.05) is 12.3 Å². The van der Waals surface area contributed by atoms with Gasteiger partial charge < -0.3 is 11.1 Å². The molecule has 1 amide bonds. The lowest BCUT2D eigenvalue weighted by atomic mass is 10.3. The Morgan fingerprint density at radius 1 is 1.45 bits per heavy atom. The summed E-state index contributed by atoms with van der Waals surface area (Å²) in [5.41, 5.74) is 7.73. The molecule has 1 heterocycles. The maximum Gasteiger partial charge on any atom is 0.271 e. The largest absolute Gasteiger partial charge is 0.397 e. The monoisotopic (exact) mass is 270 g/mol. The molecule has 2 aromatic rings. The molecule has 1 aliphatic carbocycles. The van der Waals surface area contributed by atoms with Gasteiger partial charge in [0.2, 0.25) is 0 Å². The number of nitrogens with one attached hydrogen (secondary N) is 1. The van der Waals surface area contributed by atoms with E-state index in [1.807, 2.05) is 24.3 Å². The fourth-order valence-electron chi connectivity index (χ4n) is 2.27. The third-order valence-electron chi connectivity index (χ3n) is 3.81. The maximum atomic E-state index is 12.0. The number of rotatable bonds is 4. The molecule has 104 valence electrons. The number of anilines is 1. The molecule has 3 N–H and O–H groups in total. The van der Waals surface area contributed by atoms with Crippen molar-refractivity contribution in [3.05, 3.63) is 42.2 Å². The lowest BCUT2D eigenvalue weighted by Crippen LogP contribution is -2.26. The quantitative estimate of drug-likeness (QED) is 0.833. The Morgan fingerprint density at radius 2 is 2.20 bits per heavy atom. The molecule has 20 heavy (non-hydrogen) atoms. The number of hydrogen-bond donors (Lipinski definition) is 2. The predicted octanol–water partition coefficient (Wildman–Crippen LogP) is 1.84. The van der Waals surface area contributed by atoms with Crippen LogP contribution < -0.4 is 11.1 Å². The molecule has 1 aromatic carbocycles. The molecule has 5 heteroatoms. The van der Waals surface area contributed by atoms with Crippen molar-refractivity contribution >= 4 is 11.6 Å². The van der Waals surface area contributed by atoms with Crippen molar-refractivity contribution in [1.29, 1.82) is 0 Å². The second kappa shape index (κ2) is 5.00. The summed E-state index contributed by atoms with van der Waals surface area (Å²) in [6.45, 7) is 2.93. The highest BCUT2D eigenvalue weighted by Gasteiger charge is 2.32. The molecule has 0 saturated heterocycles. The molecule has 0 aliphatic heterocycles. The van der Waals surface area contributed by atoms with Gasteiger partial charge >= 0.3 is 0 Å². The molecule has 1 aliphatic rings. The summed E-state index contributed by atoms with van der Waals surface area (Å²) >= 11 is 0. The van der Waals surface area contributed by atoms with E-state index < -0.39 is 0 Å². The Morgan fingerprint density at radius 3 is 2.90 bits per heavy atom. The van der Waals surface area contributed by atoms with E-state index in [0.29, 0.717) is 17.3 Å². The van der Waals surface area contributed by atoms with Gasteiger partial charge in [0, 0.05) is 12.7 Å². The topological polar surface area (TPSA) is 72.9 Å². The SMILES string of the molecule is CC1CC1CNC(=O)c1ccn(-c2ccccc2N)n1. The van der Waals surface area contributed by atoms with Gasteiger partial charge in [-0.25, -0.2) is 4.68 Å². The minimum atomic E-state index is -0.127. The number of amides is 1. The molecule has 2 atom stereocenters. The second-order valence-corrected chi connectivity index (χ2v) is 5.39. The number of carbonyl (C=O) groups excluding carboxylic acids is 1. The first-order chi connectivity index (χ1) is 9.65. The molecule has 1 aromatic heterocycles. The lowest BCUT2D eigenvalue weighted by molar-refractivity contribution is 0.0946. The molecule has 3 rings (SSSR count). The van der Waals surface area contributed by atoms with Crippen LogP contribution in [0.3, 0.4) is 0 Å². The van der Waals surface area contributed by atoms with E-state index in [2.05, 4.69) is 17.3 Å². The number of carbonyl (C=O) groups is 1. The zero-order chi connectivity index (χ0) is 14.1. The highest BCUT2D eigenvalue weighted by atomic mass is 16.1. The number of hydrogen-bond acceptors (Lipinski definition) is 3. The van der Waals surface area contributed by atoms with Crippen LogP contribution in [0.5, 0.6) is 0 Å². The van der Waals surface area contributed by atoms with Crippen LogP contribution in [0.2, 0.25) is 0 Å². The third kappa shape index (κ3) is 2.52. The fourth-order valence-corrected chi connectivity index (χ4v) is 2.27. The minimum Gasteiger partial charge on any atom is -0.397 e. The van der Waals surface area contributed by atoms with Crippen molar-refractivity contribution in [1.82, 2.24) is 15.1 Å². The van der Waals surface area contributed by atoms with Gasteiger partial charge in [-0.2, -0.15) is 5.10 Å². The van der Waals surface area contributed by atoms with Gasteiger partial charge in [-0.3, -0.25) is 4.79 Å². The van der Waals surface area contributed by atoms with Crippen molar-refractivity contribution < 1.29 is 4.79 Å².